The van der Waals surface area contributed by atoms with Crippen LogP contribution in [0.1, 0.15) is 54.2 Å². The highest BCUT2D eigenvalue weighted by Gasteiger charge is 2.29. The van der Waals surface area contributed by atoms with Crippen LogP contribution in [-0.2, 0) is 11.2 Å². The van der Waals surface area contributed by atoms with E-state index in [9.17, 15) is 9.59 Å². The number of piperidine rings is 1. The second-order valence-electron chi connectivity index (χ2n) is 8.42. The van der Waals surface area contributed by atoms with E-state index >= 15 is 0 Å². The van der Waals surface area contributed by atoms with Crippen LogP contribution in [-0.4, -0.2) is 29.8 Å². The molecule has 4 nitrogen and oxygen atoms in total. The zero-order valence-corrected chi connectivity index (χ0v) is 18.3. The Balaban J connectivity index is 1.35. The Labute approximate surface area is 184 Å². The van der Waals surface area contributed by atoms with E-state index in [0.717, 1.165) is 28.3 Å². The number of amides is 2. The highest BCUT2D eigenvalue weighted by molar-refractivity contribution is 6.07. The highest BCUT2D eigenvalue weighted by Crippen LogP contribution is 2.24. The van der Waals surface area contributed by atoms with Gasteiger partial charge in [-0.05, 0) is 54.2 Å². The highest BCUT2D eigenvalue weighted by atomic mass is 16.2. The van der Waals surface area contributed by atoms with Crippen molar-refractivity contribution in [1.82, 2.24) is 10.2 Å². The van der Waals surface area contributed by atoms with Gasteiger partial charge in [-0.1, -0.05) is 67.6 Å². The quantitative estimate of drug-likeness (QED) is 0.629. The fourth-order valence-electron chi connectivity index (χ4n) is 4.38. The zero-order valence-electron chi connectivity index (χ0n) is 18.3. The van der Waals surface area contributed by atoms with Crippen LogP contribution in [0.15, 0.2) is 66.7 Å². The van der Waals surface area contributed by atoms with Gasteiger partial charge in [-0.3, -0.25) is 9.59 Å². The summed E-state index contributed by atoms with van der Waals surface area (Å²) in [5, 5.41) is 5.22. The van der Waals surface area contributed by atoms with Gasteiger partial charge in [0.15, 0.2) is 0 Å². The smallest absolute Gasteiger partial charge is 0.254 e. The predicted octanol–water partition coefficient (Wildman–Crippen LogP) is 5.13. The number of nitrogens with zero attached hydrogens (tertiary/aromatic N) is 1. The van der Waals surface area contributed by atoms with Crippen LogP contribution in [0.25, 0.3) is 10.8 Å². The van der Waals surface area contributed by atoms with Crippen molar-refractivity contribution in [3.63, 3.8) is 0 Å². The maximum atomic E-state index is 13.1. The predicted molar refractivity (Wildman–Crippen MR) is 125 cm³/mol. The molecule has 0 spiro atoms. The van der Waals surface area contributed by atoms with Crippen LogP contribution >= 0.6 is 0 Å². The lowest BCUT2D eigenvalue weighted by molar-refractivity contribution is -0.126. The largest absolute Gasteiger partial charge is 0.349 e. The molecular formula is C27H30N2O2. The first-order chi connectivity index (χ1) is 15.1. The summed E-state index contributed by atoms with van der Waals surface area (Å²) < 4.78 is 0. The number of carbonyl (C=O) groups excluding carboxylic acids is 2. The summed E-state index contributed by atoms with van der Waals surface area (Å²) in [5.74, 6) is 0.0956. The van der Waals surface area contributed by atoms with Gasteiger partial charge in [-0.15, -0.1) is 0 Å². The third kappa shape index (κ3) is 4.63. The topological polar surface area (TPSA) is 49.4 Å². The van der Waals surface area contributed by atoms with Gasteiger partial charge in [0.05, 0.1) is 6.04 Å². The Morgan fingerprint density at radius 1 is 0.968 bits per heavy atom. The minimum atomic E-state index is -0.0473. The fourth-order valence-corrected chi connectivity index (χ4v) is 4.38. The van der Waals surface area contributed by atoms with E-state index in [1.165, 1.54) is 5.56 Å². The summed E-state index contributed by atoms with van der Waals surface area (Å²) in [5.41, 5.74) is 3.16. The molecule has 0 saturated carbocycles. The van der Waals surface area contributed by atoms with Crippen molar-refractivity contribution in [3.8, 4) is 0 Å². The number of aryl methyl sites for hydroxylation is 1. The summed E-state index contributed by atoms with van der Waals surface area (Å²) in [6.45, 7) is 5.38. The van der Waals surface area contributed by atoms with Crippen molar-refractivity contribution in [3.05, 3.63) is 83.4 Å². The van der Waals surface area contributed by atoms with Gasteiger partial charge in [0.25, 0.3) is 5.91 Å². The molecule has 160 valence electrons. The number of likely N-dealkylation sites (tertiary alicyclic amines) is 1. The van der Waals surface area contributed by atoms with Gasteiger partial charge < -0.3 is 10.2 Å². The molecule has 3 aromatic carbocycles. The van der Waals surface area contributed by atoms with Crippen molar-refractivity contribution >= 4 is 22.6 Å². The lowest BCUT2D eigenvalue weighted by atomic mass is 9.94. The Bertz CT molecular complexity index is 1060. The van der Waals surface area contributed by atoms with E-state index in [-0.39, 0.29) is 23.8 Å². The number of rotatable bonds is 5. The van der Waals surface area contributed by atoms with Gasteiger partial charge in [-0.2, -0.15) is 0 Å². The molecule has 2 amide bonds. The van der Waals surface area contributed by atoms with E-state index < -0.39 is 0 Å². The molecule has 3 aromatic rings. The van der Waals surface area contributed by atoms with Crippen molar-refractivity contribution in [2.24, 2.45) is 5.92 Å². The Kier molecular flexibility index (Phi) is 6.36. The zero-order chi connectivity index (χ0) is 21.8. The average molecular weight is 415 g/mol. The maximum Gasteiger partial charge on any atom is 0.254 e. The molecule has 1 atom stereocenters. The number of fused-ring (bicyclic) bond motifs is 1. The van der Waals surface area contributed by atoms with Gasteiger partial charge in [0.2, 0.25) is 5.91 Å². The number of hydrogen-bond acceptors (Lipinski definition) is 2. The minimum Gasteiger partial charge on any atom is -0.349 e. The van der Waals surface area contributed by atoms with Gasteiger partial charge >= 0.3 is 0 Å². The lowest BCUT2D eigenvalue weighted by Gasteiger charge is -2.32. The summed E-state index contributed by atoms with van der Waals surface area (Å²) in [7, 11) is 0. The van der Waals surface area contributed by atoms with Gasteiger partial charge in [0.1, 0.15) is 0 Å². The summed E-state index contributed by atoms with van der Waals surface area (Å²) in [6, 6.07) is 22.2. The molecule has 4 rings (SSSR count). The average Bonchev–Trinajstić information content (AvgIpc) is 2.83. The molecule has 1 N–H and O–H groups in total. The summed E-state index contributed by atoms with van der Waals surface area (Å²) >= 11 is 0. The van der Waals surface area contributed by atoms with Gasteiger partial charge in [0, 0.05) is 24.6 Å². The monoisotopic (exact) mass is 414 g/mol. The first-order valence-electron chi connectivity index (χ1n) is 11.2. The Morgan fingerprint density at radius 2 is 1.65 bits per heavy atom. The number of nitrogens with one attached hydrogen (secondary N) is 1. The molecule has 4 heteroatoms. The third-order valence-electron chi connectivity index (χ3n) is 6.42. The van der Waals surface area contributed by atoms with Crippen molar-refractivity contribution < 1.29 is 9.59 Å². The molecule has 1 saturated heterocycles. The molecular weight excluding hydrogens is 384 g/mol. The summed E-state index contributed by atoms with van der Waals surface area (Å²) in [6.07, 6.45) is 2.41. The van der Waals surface area contributed by atoms with Crippen LogP contribution in [0.5, 0.6) is 0 Å². The van der Waals surface area contributed by atoms with Gasteiger partial charge in [-0.25, -0.2) is 0 Å². The Hall–Kier alpha value is -3.14. The Morgan fingerprint density at radius 3 is 2.35 bits per heavy atom. The molecule has 0 aromatic heterocycles. The van der Waals surface area contributed by atoms with Crippen LogP contribution in [0, 0.1) is 5.92 Å². The van der Waals surface area contributed by atoms with E-state index in [2.05, 4.69) is 36.5 Å². The molecule has 0 radical (unpaired) electrons. The normalized spacial score (nSPS) is 15.6. The second-order valence-corrected chi connectivity index (χ2v) is 8.42. The van der Waals surface area contributed by atoms with E-state index in [4.69, 9.17) is 0 Å². The van der Waals surface area contributed by atoms with E-state index in [1.807, 2.05) is 54.3 Å². The molecule has 1 unspecified atom stereocenters. The molecule has 1 heterocycles. The first-order valence-corrected chi connectivity index (χ1v) is 11.2. The molecule has 1 aliphatic rings. The van der Waals surface area contributed by atoms with E-state index in [0.29, 0.717) is 25.9 Å². The standard InChI is InChI=1S/C27H30N2O2/c1-3-20-11-13-21(14-12-20)19(2)28-26(30)23-15-17-29(18-16-23)27(31)25-10-6-8-22-7-4-5-9-24(22)25/h4-14,19,23H,3,15-18H2,1-2H3,(H,28,30). The summed E-state index contributed by atoms with van der Waals surface area (Å²) in [4.78, 5) is 27.8. The van der Waals surface area contributed by atoms with Crippen molar-refractivity contribution in [2.75, 3.05) is 13.1 Å². The molecule has 31 heavy (non-hydrogen) atoms. The molecule has 0 bridgehead atoms. The minimum absolute atomic E-state index is 0.0197. The number of benzene rings is 3. The fraction of sp³-hybridized carbons (Fsp3) is 0.333. The van der Waals surface area contributed by atoms with Crippen LogP contribution < -0.4 is 5.32 Å². The SMILES string of the molecule is CCc1ccc(C(C)NC(=O)C2CCN(C(=O)c3cccc4ccccc34)CC2)cc1. The maximum absolute atomic E-state index is 13.1. The molecule has 1 fully saturated rings. The first kappa shape index (κ1) is 21.1. The van der Waals surface area contributed by atoms with Crippen LogP contribution in [0.2, 0.25) is 0 Å². The van der Waals surface area contributed by atoms with Crippen molar-refractivity contribution in [2.45, 2.75) is 39.2 Å². The van der Waals surface area contributed by atoms with Crippen LogP contribution in [0.4, 0.5) is 0 Å². The second kappa shape index (κ2) is 9.34. The van der Waals surface area contributed by atoms with Crippen LogP contribution in [0.3, 0.4) is 0 Å². The lowest BCUT2D eigenvalue weighted by Crippen LogP contribution is -2.43. The third-order valence-corrected chi connectivity index (χ3v) is 6.42. The molecule has 1 aliphatic heterocycles. The van der Waals surface area contributed by atoms with E-state index in [1.54, 1.807) is 0 Å². The number of carbonyl (C=O) groups is 2. The molecule has 0 aliphatic carbocycles. The number of hydrogen-bond donors (Lipinski definition) is 1. The van der Waals surface area contributed by atoms with Crippen molar-refractivity contribution in [1.29, 1.82) is 0 Å².